The molecule has 0 aromatic heterocycles. The number of rotatable bonds is 8. The Hall–Kier alpha value is -1.11. The minimum absolute atomic E-state index is 0.229. The molecule has 0 fully saturated rings. The summed E-state index contributed by atoms with van der Waals surface area (Å²) in [6, 6.07) is 6.40. The van der Waals surface area contributed by atoms with Crippen LogP contribution in [0, 0.1) is 0 Å². The van der Waals surface area contributed by atoms with Crippen molar-refractivity contribution >= 4 is 9.84 Å². The van der Waals surface area contributed by atoms with Crippen LogP contribution in [0.5, 0.6) is 5.75 Å². The molecule has 0 aliphatic rings. The smallest absolute Gasteiger partial charge is 0.175 e. The minimum atomic E-state index is -3.22. The van der Waals surface area contributed by atoms with Gasteiger partial charge in [-0.25, -0.2) is 8.42 Å². The van der Waals surface area contributed by atoms with Gasteiger partial charge in [0.1, 0.15) is 5.75 Å². The molecular formula is C14H23NO4S. The second kappa shape index (κ2) is 7.06. The van der Waals surface area contributed by atoms with E-state index < -0.39 is 15.4 Å². The summed E-state index contributed by atoms with van der Waals surface area (Å²) in [7, 11) is -3.22. The number of hydrogen-bond donors (Lipinski definition) is 2. The predicted octanol–water partition coefficient (Wildman–Crippen LogP) is 1.35. The molecular weight excluding hydrogens is 278 g/mol. The Morgan fingerprint density at radius 2 is 2.10 bits per heavy atom. The van der Waals surface area contributed by atoms with E-state index in [4.69, 9.17) is 10.5 Å². The minimum Gasteiger partial charge on any atom is -0.494 e. The number of aliphatic hydroxyl groups is 1. The second-order valence-electron chi connectivity index (χ2n) is 4.98. The molecule has 20 heavy (non-hydrogen) atoms. The van der Waals surface area contributed by atoms with Crippen molar-refractivity contribution in [2.75, 3.05) is 19.4 Å². The summed E-state index contributed by atoms with van der Waals surface area (Å²) in [4.78, 5) is 0.238. The van der Waals surface area contributed by atoms with Crippen LogP contribution in [0.2, 0.25) is 0 Å². The van der Waals surface area contributed by atoms with Gasteiger partial charge in [-0.15, -0.1) is 0 Å². The average Bonchev–Trinajstić information content (AvgIpc) is 2.43. The third-order valence-corrected chi connectivity index (χ3v) is 4.44. The van der Waals surface area contributed by atoms with Crippen molar-refractivity contribution in [3.8, 4) is 5.75 Å². The van der Waals surface area contributed by atoms with Crippen LogP contribution in [0.25, 0.3) is 0 Å². The molecule has 1 rings (SSSR count). The SMILES string of the molecule is CCC(O)(CN)CCCOc1cccc(S(C)(=O)=O)c1. The largest absolute Gasteiger partial charge is 0.494 e. The Bertz CT molecular complexity index is 524. The van der Waals surface area contributed by atoms with E-state index in [-0.39, 0.29) is 11.4 Å². The van der Waals surface area contributed by atoms with Gasteiger partial charge in [0.05, 0.1) is 17.1 Å². The van der Waals surface area contributed by atoms with Crippen LogP contribution in [0.3, 0.4) is 0 Å². The van der Waals surface area contributed by atoms with Crippen LogP contribution in [0.4, 0.5) is 0 Å². The Labute approximate surface area is 120 Å². The number of ether oxygens (including phenoxy) is 1. The molecule has 0 radical (unpaired) electrons. The molecule has 0 saturated heterocycles. The third-order valence-electron chi connectivity index (χ3n) is 3.33. The zero-order chi connectivity index (χ0) is 15.2. The van der Waals surface area contributed by atoms with E-state index in [1.54, 1.807) is 12.1 Å². The number of sulfone groups is 1. The van der Waals surface area contributed by atoms with Crippen LogP contribution in [0.15, 0.2) is 29.2 Å². The highest BCUT2D eigenvalue weighted by molar-refractivity contribution is 7.90. The van der Waals surface area contributed by atoms with Crippen molar-refractivity contribution in [3.63, 3.8) is 0 Å². The van der Waals surface area contributed by atoms with Gasteiger partial charge in [0.2, 0.25) is 0 Å². The van der Waals surface area contributed by atoms with Crippen molar-refractivity contribution in [3.05, 3.63) is 24.3 Å². The highest BCUT2D eigenvalue weighted by Crippen LogP contribution is 2.19. The fourth-order valence-corrected chi connectivity index (χ4v) is 2.47. The van der Waals surface area contributed by atoms with Crippen LogP contribution in [-0.2, 0) is 9.84 Å². The summed E-state index contributed by atoms with van der Waals surface area (Å²) in [5.41, 5.74) is 4.69. The lowest BCUT2D eigenvalue weighted by Crippen LogP contribution is -2.37. The average molecular weight is 301 g/mol. The Morgan fingerprint density at radius 3 is 2.65 bits per heavy atom. The van der Waals surface area contributed by atoms with Gasteiger partial charge >= 0.3 is 0 Å². The molecule has 0 heterocycles. The molecule has 114 valence electrons. The number of benzene rings is 1. The first-order valence-electron chi connectivity index (χ1n) is 6.66. The maximum absolute atomic E-state index is 11.4. The predicted molar refractivity (Wildman–Crippen MR) is 78.6 cm³/mol. The first-order valence-corrected chi connectivity index (χ1v) is 8.55. The van der Waals surface area contributed by atoms with Crippen LogP contribution >= 0.6 is 0 Å². The maximum atomic E-state index is 11.4. The van der Waals surface area contributed by atoms with Crippen molar-refractivity contribution in [1.82, 2.24) is 0 Å². The zero-order valence-electron chi connectivity index (χ0n) is 12.0. The molecule has 0 amide bonds. The standard InChI is InChI=1S/C14H23NO4S/c1-3-14(16,11-15)8-5-9-19-12-6-4-7-13(10-12)20(2,17)18/h4,6-7,10,16H,3,5,8-9,11,15H2,1-2H3. The summed E-state index contributed by atoms with van der Waals surface area (Å²) >= 11 is 0. The summed E-state index contributed by atoms with van der Waals surface area (Å²) in [6.45, 7) is 2.53. The fraction of sp³-hybridized carbons (Fsp3) is 0.571. The molecule has 3 N–H and O–H groups in total. The molecule has 0 spiro atoms. The molecule has 1 unspecified atom stereocenters. The second-order valence-corrected chi connectivity index (χ2v) is 7.00. The van der Waals surface area contributed by atoms with Crippen molar-refractivity contribution in [2.45, 2.75) is 36.7 Å². The van der Waals surface area contributed by atoms with Crippen molar-refractivity contribution in [1.29, 1.82) is 0 Å². The van der Waals surface area contributed by atoms with Crippen LogP contribution < -0.4 is 10.5 Å². The quantitative estimate of drug-likeness (QED) is 0.707. The van der Waals surface area contributed by atoms with E-state index in [9.17, 15) is 13.5 Å². The normalized spacial score (nSPS) is 14.8. The van der Waals surface area contributed by atoms with Gasteiger partial charge < -0.3 is 15.6 Å². The molecule has 1 atom stereocenters. The lowest BCUT2D eigenvalue weighted by molar-refractivity contribution is 0.0309. The molecule has 5 nitrogen and oxygen atoms in total. The van der Waals surface area contributed by atoms with E-state index in [0.717, 1.165) is 6.26 Å². The molecule has 1 aromatic carbocycles. The molecule has 0 bridgehead atoms. The zero-order valence-corrected chi connectivity index (χ0v) is 12.8. The summed E-state index contributed by atoms with van der Waals surface area (Å²) < 4.78 is 28.4. The lowest BCUT2D eigenvalue weighted by atomic mass is 9.95. The number of hydrogen-bond acceptors (Lipinski definition) is 5. The summed E-state index contributed by atoms with van der Waals surface area (Å²) in [5.74, 6) is 0.515. The van der Waals surface area contributed by atoms with E-state index in [2.05, 4.69) is 0 Å². The van der Waals surface area contributed by atoms with Gasteiger partial charge in [-0.3, -0.25) is 0 Å². The first-order chi connectivity index (χ1) is 9.30. The molecule has 0 aliphatic carbocycles. The summed E-state index contributed by atoms with van der Waals surface area (Å²) in [6.07, 6.45) is 2.98. The highest BCUT2D eigenvalue weighted by atomic mass is 32.2. The first kappa shape index (κ1) is 16.9. The van der Waals surface area contributed by atoms with E-state index in [1.165, 1.54) is 12.1 Å². The van der Waals surface area contributed by atoms with E-state index in [1.807, 2.05) is 6.92 Å². The molecule has 1 aromatic rings. The van der Waals surface area contributed by atoms with Crippen molar-refractivity contribution < 1.29 is 18.3 Å². The monoisotopic (exact) mass is 301 g/mol. The lowest BCUT2D eigenvalue weighted by Gasteiger charge is -2.24. The summed E-state index contributed by atoms with van der Waals surface area (Å²) in [5, 5.41) is 10.0. The van der Waals surface area contributed by atoms with E-state index in [0.29, 0.717) is 31.6 Å². The van der Waals surface area contributed by atoms with Gasteiger partial charge in [0, 0.05) is 12.8 Å². The van der Waals surface area contributed by atoms with Gasteiger partial charge in [-0.05, 0) is 37.5 Å². The fourth-order valence-electron chi connectivity index (χ4n) is 1.81. The topological polar surface area (TPSA) is 89.6 Å². The third kappa shape index (κ3) is 5.11. The maximum Gasteiger partial charge on any atom is 0.175 e. The Morgan fingerprint density at radius 1 is 1.40 bits per heavy atom. The molecule has 6 heteroatoms. The number of nitrogens with two attached hydrogens (primary N) is 1. The van der Waals surface area contributed by atoms with Crippen LogP contribution in [-0.4, -0.2) is 38.5 Å². The van der Waals surface area contributed by atoms with Gasteiger partial charge in [0.25, 0.3) is 0 Å². The Balaban J connectivity index is 2.51. The molecule has 0 aliphatic heterocycles. The molecule has 0 saturated carbocycles. The van der Waals surface area contributed by atoms with E-state index >= 15 is 0 Å². The van der Waals surface area contributed by atoms with Gasteiger partial charge in [-0.1, -0.05) is 13.0 Å². The Kier molecular flexibility index (Phi) is 5.98. The van der Waals surface area contributed by atoms with Crippen LogP contribution in [0.1, 0.15) is 26.2 Å². The highest BCUT2D eigenvalue weighted by Gasteiger charge is 2.21. The van der Waals surface area contributed by atoms with Gasteiger partial charge in [0.15, 0.2) is 9.84 Å². The van der Waals surface area contributed by atoms with Crippen molar-refractivity contribution in [2.24, 2.45) is 5.73 Å². The van der Waals surface area contributed by atoms with Gasteiger partial charge in [-0.2, -0.15) is 0 Å².